The SMILES string of the molecule is CCOCCCNc1nc(Cl)nc(OC(C)C)n1. The molecule has 1 aromatic rings. The lowest BCUT2D eigenvalue weighted by Gasteiger charge is -2.09. The molecular formula is C11H19ClN4O2. The normalized spacial score (nSPS) is 10.7. The summed E-state index contributed by atoms with van der Waals surface area (Å²) >= 11 is 5.79. The molecule has 18 heavy (non-hydrogen) atoms. The van der Waals surface area contributed by atoms with Gasteiger partial charge in [-0.1, -0.05) is 0 Å². The van der Waals surface area contributed by atoms with Crippen molar-refractivity contribution in [3.05, 3.63) is 5.28 Å². The van der Waals surface area contributed by atoms with Gasteiger partial charge in [0.05, 0.1) is 6.10 Å². The number of halogens is 1. The zero-order chi connectivity index (χ0) is 13.4. The van der Waals surface area contributed by atoms with Gasteiger partial charge in [-0.15, -0.1) is 0 Å². The molecule has 0 fully saturated rings. The van der Waals surface area contributed by atoms with Crippen LogP contribution >= 0.6 is 11.6 Å². The van der Waals surface area contributed by atoms with E-state index in [0.717, 1.165) is 13.0 Å². The average molecular weight is 275 g/mol. The van der Waals surface area contributed by atoms with Gasteiger partial charge in [0.25, 0.3) is 0 Å². The maximum atomic E-state index is 5.79. The van der Waals surface area contributed by atoms with Gasteiger partial charge in [0.1, 0.15) is 0 Å². The maximum absolute atomic E-state index is 5.79. The Morgan fingerprint density at radius 1 is 1.28 bits per heavy atom. The third kappa shape index (κ3) is 5.97. The van der Waals surface area contributed by atoms with E-state index in [1.54, 1.807) is 0 Å². The Labute approximate surface area is 112 Å². The van der Waals surface area contributed by atoms with Gasteiger partial charge >= 0.3 is 6.01 Å². The number of hydrogen-bond acceptors (Lipinski definition) is 6. The smallest absolute Gasteiger partial charge is 0.322 e. The molecule has 0 spiro atoms. The van der Waals surface area contributed by atoms with Crippen LogP contribution in [0.25, 0.3) is 0 Å². The zero-order valence-electron chi connectivity index (χ0n) is 10.9. The van der Waals surface area contributed by atoms with Crippen molar-refractivity contribution in [1.82, 2.24) is 15.0 Å². The fraction of sp³-hybridized carbons (Fsp3) is 0.727. The average Bonchev–Trinajstić information content (AvgIpc) is 2.27. The molecule has 0 radical (unpaired) electrons. The predicted molar refractivity (Wildman–Crippen MR) is 70.2 cm³/mol. The Morgan fingerprint density at radius 3 is 2.72 bits per heavy atom. The fourth-order valence-electron chi connectivity index (χ4n) is 1.19. The highest BCUT2D eigenvalue weighted by Gasteiger charge is 2.07. The highest BCUT2D eigenvalue weighted by Crippen LogP contribution is 2.12. The minimum atomic E-state index is -0.00530. The van der Waals surface area contributed by atoms with Gasteiger partial charge in [0, 0.05) is 19.8 Å². The van der Waals surface area contributed by atoms with Crippen LogP contribution in [-0.4, -0.2) is 40.8 Å². The van der Waals surface area contributed by atoms with E-state index in [1.165, 1.54) is 0 Å². The summed E-state index contributed by atoms with van der Waals surface area (Å²) in [4.78, 5) is 12.0. The van der Waals surface area contributed by atoms with Gasteiger partial charge in [-0.25, -0.2) is 0 Å². The standard InChI is InChI=1S/C11H19ClN4O2/c1-4-17-7-5-6-13-10-14-9(12)15-11(16-10)18-8(2)3/h8H,4-7H2,1-3H3,(H,13,14,15,16). The summed E-state index contributed by atoms with van der Waals surface area (Å²) in [5.74, 6) is 0.419. The first-order valence-electron chi connectivity index (χ1n) is 6.01. The number of ether oxygens (including phenoxy) is 2. The predicted octanol–water partition coefficient (Wildman–Crippen LogP) is 2.15. The summed E-state index contributed by atoms with van der Waals surface area (Å²) in [5, 5.41) is 3.17. The zero-order valence-corrected chi connectivity index (χ0v) is 11.7. The molecule has 0 unspecified atom stereocenters. The minimum Gasteiger partial charge on any atom is -0.461 e. The van der Waals surface area contributed by atoms with Gasteiger partial charge in [0.15, 0.2) is 0 Å². The summed E-state index contributed by atoms with van der Waals surface area (Å²) < 4.78 is 10.6. The quantitative estimate of drug-likeness (QED) is 0.733. The molecule has 0 saturated heterocycles. The molecule has 1 N–H and O–H groups in total. The monoisotopic (exact) mass is 274 g/mol. The van der Waals surface area contributed by atoms with Crippen molar-refractivity contribution >= 4 is 17.5 Å². The lowest BCUT2D eigenvalue weighted by atomic mass is 10.4. The van der Waals surface area contributed by atoms with E-state index in [1.807, 2.05) is 20.8 Å². The summed E-state index contributed by atoms with van der Waals surface area (Å²) in [5.41, 5.74) is 0. The molecule has 102 valence electrons. The molecule has 1 aromatic heterocycles. The first-order valence-corrected chi connectivity index (χ1v) is 6.39. The summed E-state index contributed by atoms with van der Waals surface area (Å²) in [6.07, 6.45) is 0.867. The lowest BCUT2D eigenvalue weighted by Crippen LogP contribution is -2.12. The molecule has 0 saturated carbocycles. The molecule has 6 nitrogen and oxygen atoms in total. The van der Waals surface area contributed by atoms with Gasteiger partial charge in [0.2, 0.25) is 11.2 Å². The van der Waals surface area contributed by atoms with Crippen molar-refractivity contribution in [1.29, 1.82) is 0 Å². The van der Waals surface area contributed by atoms with Crippen molar-refractivity contribution in [2.24, 2.45) is 0 Å². The van der Waals surface area contributed by atoms with Crippen LogP contribution in [-0.2, 0) is 4.74 Å². The van der Waals surface area contributed by atoms with Crippen LogP contribution in [0.5, 0.6) is 6.01 Å². The second kappa shape index (κ2) is 8.05. The number of anilines is 1. The van der Waals surface area contributed by atoms with Gasteiger partial charge in [-0.2, -0.15) is 15.0 Å². The second-order valence-corrected chi connectivity index (χ2v) is 4.19. The van der Waals surface area contributed by atoms with E-state index in [0.29, 0.717) is 19.1 Å². The Bertz CT molecular complexity index is 363. The van der Waals surface area contributed by atoms with Crippen LogP contribution in [0.3, 0.4) is 0 Å². The van der Waals surface area contributed by atoms with Crippen LogP contribution < -0.4 is 10.1 Å². The Kier molecular flexibility index (Phi) is 6.67. The van der Waals surface area contributed by atoms with E-state index < -0.39 is 0 Å². The lowest BCUT2D eigenvalue weighted by molar-refractivity contribution is 0.147. The molecular weight excluding hydrogens is 256 g/mol. The maximum Gasteiger partial charge on any atom is 0.322 e. The molecule has 1 heterocycles. The first-order chi connectivity index (χ1) is 8.61. The molecule has 0 amide bonds. The number of nitrogens with zero attached hydrogens (tertiary/aromatic N) is 3. The number of rotatable bonds is 8. The third-order valence-corrected chi connectivity index (χ3v) is 2.05. The summed E-state index contributed by atoms with van der Waals surface area (Å²) in [6.45, 7) is 7.90. The van der Waals surface area contributed by atoms with E-state index in [2.05, 4.69) is 20.3 Å². The highest BCUT2D eigenvalue weighted by molar-refractivity contribution is 6.28. The molecule has 0 aliphatic carbocycles. The third-order valence-electron chi connectivity index (χ3n) is 1.88. The summed E-state index contributed by atoms with van der Waals surface area (Å²) in [7, 11) is 0. The van der Waals surface area contributed by atoms with Crippen molar-refractivity contribution in [2.75, 3.05) is 25.1 Å². The van der Waals surface area contributed by atoms with E-state index in [9.17, 15) is 0 Å². The molecule has 0 bridgehead atoms. The van der Waals surface area contributed by atoms with Crippen molar-refractivity contribution < 1.29 is 9.47 Å². The van der Waals surface area contributed by atoms with Crippen LogP contribution in [0.4, 0.5) is 5.95 Å². The van der Waals surface area contributed by atoms with Crippen LogP contribution in [0.2, 0.25) is 5.28 Å². The Morgan fingerprint density at radius 2 is 2.06 bits per heavy atom. The minimum absolute atomic E-state index is 0.00530. The highest BCUT2D eigenvalue weighted by atomic mass is 35.5. The first kappa shape index (κ1) is 14.9. The van der Waals surface area contributed by atoms with Crippen LogP contribution in [0, 0.1) is 0 Å². The molecule has 0 aromatic carbocycles. The number of hydrogen-bond donors (Lipinski definition) is 1. The number of nitrogens with one attached hydrogen (secondary N) is 1. The van der Waals surface area contributed by atoms with Crippen molar-refractivity contribution in [2.45, 2.75) is 33.3 Å². The second-order valence-electron chi connectivity index (χ2n) is 3.85. The Hall–Kier alpha value is -1.14. The van der Waals surface area contributed by atoms with Crippen molar-refractivity contribution in [3.8, 4) is 6.01 Å². The van der Waals surface area contributed by atoms with Crippen LogP contribution in [0.15, 0.2) is 0 Å². The van der Waals surface area contributed by atoms with E-state index >= 15 is 0 Å². The van der Waals surface area contributed by atoms with Crippen LogP contribution in [0.1, 0.15) is 27.2 Å². The van der Waals surface area contributed by atoms with E-state index in [-0.39, 0.29) is 17.4 Å². The van der Waals surface area contributed by atoms with Gasteiger partial charge < -0.3 is 14.8 Å². The largest absolute Gasteiger partial charge is 0.461 e. The number of aromatic nitrogens is 3. The molecule has 7 heteroatoms. The van der Waals surface area contributed by atoms with Gasteiger partial charge in [-0.05, 0) is 38.8 Å². The topological polar surface area (TPSA) is 69.2 Å². The van der Waals surface area contributed by atoms with Crippen molar-refractivity contribution in [3.63, 3.8) is 0 Å². The summed E-state index contributed by atoms with van der Waals surface area (Å²) in [6, 6.07) is 0.234. The Balaban J connectivity index is 2.46. The van der Waals surface area contributed by atoms with E-state index in [4.69, 9.17) is 21.1 Å². The fourth-order valence-corrected chi connectivity index (χ4v) is 1.35. The molecule has 0 aliphatic heterocycles. The van der Waals surface area contributed by atoms with Gasteiger partial charge in [-0.3, -0.25) is 0 Å². The molecule has 0 aliphatic rings. The molecule has 0 atom stereocenters. The molecule has 1 rings (SSSR count).